The number of nitrogens with one attached hydrogen (secondary N) is 1. The second-order valence-electron chi connectivity index (χ2n) is 6.55. The molecule has 28 heavy (non-hydrogen) atoms. The second-order valence-corrected chi connectivity index (χ2v) is 8.81. The van der Waals surface area contributed by atoms with Crippen LogP contribution in [-0.2, 0) is 16.3 Å². The standard InChI is InChI=1S/C20H19N5O2S/c1-28(26,27)12-11-15-7-9-16(10-8-15)24-19-18-13-23-25(20(18)22-14-21-19)17-5-3-2-4-6-17/h2-10,13-14H,11-12H2,1H3,(H,21,22,24). The number of rotatable bonds is 6. The number of anilines is 2. The fourth-order valence-corrected chi connectivity index (χ4v) is 3.50. The van der Waals surface area contributed by atoms with Crippen molar-refractivity contribution in [1.82, 2.24) is 19.7 Å². The number of fused-ring (bicyclic) bond motifs is 1. The van der Waals surface area contributed by atoms with Gasteiger partial charge < -0.3 is 5.32 Å². The van der Waals surface area contributed by atoms with Gasteiger partial charge in [0.1, 0.15) is 22.0 Å². The average molecular weight is 393 g/mol. The van der Waals surface area contributed by atoms with Gasteiger partial charge in [0, 0.05) is 11.9 Å². The van der Waals surface area contributed by atoms with Gasteiger partial charge in [-0.15, -0.1) is 0 Å². The van der Waals surface area contributed by atoms with Gasteiger partial charge in [-0.2, -0.15) is 5.10 Å². The molecule has 142 valence electrons. The van der Waals surface area contributed by atoms with Crippen molar-refractivity contribution in [3.63, 3.8) is 0 Å². The Balaban J connectivity index is 1.58. The van der Waals surface area contributed by atoms with Crippen LogP contribution in [0.1, 0.15) is 5.56 Å². The molecule has 8 heteroatoms. The van der Waals surface area contributed by atoms with Crippen LogP contribution in [0.15, 0.2) is 67.1 Å². The van der Waals surface area contributed by atoms with Crippen LogP contribution in [0.25, 0.3) is 16.7 Å². The monoisotopic (exact) mass is 393 g/mol. The SMILES string of the molecule is CS(=O)(=O)CCc1ccc(Nc2ncnc3c2cnn3-c2ccccc2)cc1. The molecular weight excluding hydrogens is 374 g/mol. The number of hydrogen-bond donors (Lipinski definition) is 1. The number of hydrogen-bond acceptors (Lipinski definition) is 6. The van der Waals surface area contributed by atoms with E-state index < -0.39 is 9.84 Å². The molecule has 4 aromatic rings. The van der Waals surface area contributed by atoms with Gasteiger partial charge in [0.25, 0.3) is 0 Å². The van der Waals surface area contributed by atoms with Gasteiger partial charge in [-0.25, -0.2) is 23.1 Å². The van der Waals surface area contributed by atoms with E-state index in [-0.39, 0.29) is 5.75 Å². The van der Waals surface area contributed by atoms with E-state index in [0.717, 1.165) is 22.3 Å². The highest BCUT2D eigenvalue weighted by Crippen LogP contribution is 2.24. The van der Waals surface area contributed by atoms with Gasteiger partial charge in [-0.05, 0) is 36.2 Å². The lowest BCUT2D eigenvalue weighted by Crippen LogP contribution is -2.05. The third-order valence-corrected chi connectivity index (χ3v) is 5.29. The Labute approximate surface area is 163 Å². The van der Waals surface area contributed by atoms with Crippen molar-refractivity contribution in [3.8, 4) is 5.69 Å². The Hall–Kier alpha value is -3.26. The topological polar surface area (TPSA) is 89.8 Å². The van der Waals surface area contributed by atoms with Gasteiger partial charge in [-0.1, -0.05) is 30.3 Å². The van der Waals surface area contributed by atoms with Crippen LogP contribution >= 0.6 is 0 Å². The van der Waals surface area contributed by atoms with Crippen LogP contribution in [0.2, 0.25) is 0 Å². The minimum atomic E-state index is -2.97. The molecule has 0 saturated heterocycles. The lowest BCUT2D eigenvalue weighted by Gasteiger charge is -2.08. The minimum Gasteiger partial charge on any atom is -0.340 e. The average Bonchev–Trinajstić information content (AvgIpc) is 3.13. The van der Waals surface area contributed by atoms with Crippen molar-refractivity contribution in [3.05, 3.63) is 72.7 Å². The zero-order chi connectivity index (χ0) is 19.6. The largest absolute Gasteiger partial charge is 0.340 e. The van der Waals surface area contributed by atoms with Crippen LogP contribution in [0, 0.1) is 0 Å². The summed E-state index contributed by atoms with van der Waals surface area (Å²) in [4.78, 5) is 8.72. The Morgan fingerprint density at radius 1 is 1.00 bits per heavy atom. The first-order chi connectivity index (χ1) is 13.5. The van der Waals surface area contributed by atoms with Crippen molar-refractivity contribution in [2.45, 2.75) is 6.42 Å². The molecule has 0 amide bonds. The highest BCUT2D eigenvalue weighted by atomic mass is 32.2. The van der Waals surface area contributed by atoms with Gasteiger partial charge >= 0.3 is 0 Å². The molecule has 0 saturated carbocycles. The van der Waals surface area contributed by atoms with Crippen LogP contribution in [-0.4, -0.2) is 40.2 Å². The third kappa shape index (κ3) is 4.01. The molecule has 2 heterocycles. The van der Waals surface area contributed by atoms with E-state index in [9.17, 15) is 8.42 Å². The summed E-state index contributed by atoms with van der Waals surface area (Å²) in [5, 5.41) is 8.55. The van der Waals surface area contributed by atoms with Crippen LogP contribution in [0.3, 0.4) is 0 Å². The molecule has 2 aromatic heterocycles. The summed E-state index contributed by atoms with van der Waals surface area (Å²) in [5.41, 5.74) is 3.47. The second kappa shape index (κ2) is 7.40. The summed E-state index contributed by atoms with van der Waals surface area (Å²) in [7, 11) is -2.97. The maximum absolute atomic E-state index is 11.3. The first-order valence-corrected chi connectivity index (χ1v) is 10.8. The lowest BCUT2D eigenvalue weighted by atomic mass is 10.1. The fraction of sp³-hybridized carbons (Fsp3) is 0.150. The highest BCUT2D eigenvalue weighted by molar-refractivity contribution is 7.90. The fourth-order valence-electron chi connectivity index (χ4n) is 2.90. The summed E-state index contributed by atoms with van der Waals surface area (Å²) in [6.07, 6.45) is 5.00. The Morgan fingerprint density at radius 2 is 1.75 bits per heavy atom. The van der Waals surface area contributed by atoms with Crippen LogP contribution in [0.4, 0.5) is 11.5 Å². The summed E-state index contributed by atoms with van der Waals surface area (Å²) in [5.74, 6) is 0.807. The van der Waals surface area contributed by atoms with Gasteiger partial charge in [-0.3, -0.25) is 0 Å². The molecule has 0 aliphatic rings. The molecule has 1 N–H and O–H groups in total. The van der Waals surface area contributed by atoms with Crippen molar-refractivity contribution in [2.75, 3.05) is 17.3 Å². The number of sulfone groups is 1. The van der Waals surface area contributed by atoms with E-state index in [2.05, 4.69) is 20.4 Å². The van der Waals surface area contributed by atoms with E-state index in [4.69, 9.17) is 0 Å². The summed E-state index contributed by atoms with van der Waals surface area (Å²) < 4.78 is 24.4. The number of aryl methyl sites for hydroxylation is 1. The van der Waals surface area contributed by atoms with Crippen molar-refractivity contribution in [2.24, 2.45) is 0 Å². The molecule has 0 aliphatic carbocycles. The van der Waals surface area contributed by atoms with E-state index in [0.29, 0.717) is 17.9 Å². The van der Waals surface area contributed by atoms with E-state index in [1.165, 1.54) is 12.6 Å². The third-order valence-electron chi connectivity index (χ3n) is 4.34. The first-order valence-electron chi connectivity index (χ1n) is 8.77. The highest BCUT2D eigenvalue weighted by Gasteiger charge is 2.11. The van der Waals surface area contributed by atoms with Crippen molar-refractivity contribution < 1.29 is 8.42 Å². The molecule has 0 unspecified atom stereocenters. The molecule has 0 bridgehead atoms. The molecule has 7 nitrogen and oxygen atoms in total. The number of para-hydroxylation sites is 1. The summed E-state index contributed by atoms with van der Waals surface area (Å²) in [6, 6.07) is 17.5. The Morgan fingerprint density at radius 3 is 2.46 bits per heavy atom. The lowest BCUT2D eigenvalue weighted by molar-refractivity contribution is 0.601. The van der Waals surface area contributed by atoms with Crippen LogP contribution in [0.5, 0.6) is 0 Å². The molecule has 0 aliphatic heterocycles. The maximum atomic E-state index is 11.3. The zero-order valence-electron chi connectivity index (χ0n) is 15.3. The Bertz CT molecular complexity index is 1200. The van der Waals surface area contributed by atoms with E-state index >= 15 is 0 Å². The normalized spacial score (nSPS) is 11.6. The summed E-state index contributed by atoms with van der Waals surface area (Å²) >= 11 is 0. The molecule has 0 radical (unpaired) electrons. The molecular formula is C20H19N5O2S. The summed E-state index contributed by atoms with van der Waals surface area (Å²) in [6.45, 7) is 0. The van der Waals surface area contributed by atoms with E-state index in [1.807, 2.05) is 54.6 Å². The van der Waals surface area contributed by atoms with Gasteiger partial charge in [0.15, 0.2) is 5.65 Å². The van der Waals surface area contributed by atoms with Crippen molar-refractivity contribution >= 4 is 32.4 Å². The van der Waals surface area contributed by atoms with Crippen molar-refractivity contribution in [1.29, 1.82) is 0 Å². The van der Waals surface area contributed by atoms with Gasteiger partial charge in [0.05, 0.1) is 23.0 Å². The molecule has 0 spiro atoms. The molecule has 0 fully saturated rings. The number of benzene rings is 2. The number of nitrogens with zero attached hydrogens (tertiary/aromatic N) is 4. The molecule has 4 rings (SSSR count). The van der Waals surface area contributed by atoms with Crippen LogP contribution < -0.4 is 5.32 Å². The molecule has 0 atom stereocenters. The minimum absolute atomic E-state index is 0.144. The quantitative estimate of drug-likeness (QED) is 0.541. The smallest absolute Gasteiger partial charge is 0.168 e. The zero-order valence-corrected chi connectivity index (χ0v) is 16.1. The number of aromatic nitrogens is 4. The Kier molecular flexibility index (Phi) is 4.79. The maximum Gasteiger partial charge on any atom is 0.168 e. The molecule has 2 aromatic carbocycles. The predicted molar refractivity (Wildman–Crippen MR) is 110 cm³/mol. The predicted octanol–water partition coefficient (Wildman–Crippen LogP) is 3.15. The first kappa shape index (κ1) is 18.1. The van der Waals surface area contributed by atoms with Gasteiger partial charge in [0.2, 0.25) is 0 Å². The van der Waals surface area contributed by atoms with E-state index in [1.54, 1.807) is 10.9 Å².